The summed E-state index contributed by atoms with van der Waals surface area (Å²) in [5.74, 6) is 0. The Balaban J connectivity index is 0. The largest absolute Gasteiger partial charge is 0.432 e. The predicted molar refractivity (Wildman–Crippen MR) is 17.2 cm³/mol. The Bertz CT molecular complexity index is 43.3. The summed E-state index contributed by atoms with van der Waals surface area (Å²) in [6, 6.07) is 0. The number of hydrogen-bond donors (Lipinski definition) is 2. The first-order valence-electron chi connectivity index (χ1n) is 1.03. The smallest absolute Gasteiger partial charge is 0.430 e. The fraction of sp³-hybridized carbons (Fsp3) is 0. The molecule has 0 saturated heterocycles. The van der Waals surface area contributed by atoms with E-state index in [2.05, 4.69) is 16.0 Å². The molecule has 0 bridgehead atoms. The van der Waals surface area contributed by atoms with E-state index in [4.69, 9.17) is 15.3 Å². The molecule has 0 aliphatic heterocycles. The first kappa shape index (κ1) is 9.37. The summed E-state index contributed by atoms with van der Waals surface area (Å²) in [6.07, 6.45) is 0. The quantitative estimate of drug-likeness (QED) is 0.380. The zero-order valence-electron chi connectivity index (χ0n) is 2.90. The monoisotopic (exact) mass is 128 g/mol. The second-order valence-electron chi connectivity index (χ2n) is 0.220. The molecule has 0 heterocycles. The summed E-state index contributed by atoms with van der Waals surface area (Å²) in [5.41, 5.74) is 0. The Labute approximate surface area is 44.7 Å². The Kier molecular flexibility index (Phi) is 31.3. The molecule has 3 nitrogen and oxygen atoms in total. The summed E-state index contributed by atoms with van der Waals surface area (Å²) in [6.45, 7) is 0. The maximum Gasteiger partial charge on any atom is 0.432 e. The molecule has 35 valence electrons. The molecule has 2 N–H and O–H groups in total. The maximum atomic E-state index is 7.21. The molecule has 0 aromatic carbocycles. The average Bonchev–Trinajstić information content (AvgIpc) is 1.39. The molecule has 0 radical (unpaired) electrons. The molecular formula is CH3BFeNO2. The van der Waals surface area contributed by atoms with E-state index >= 15 is 0 Å². The van der Waals surface area contributed by atoms with E-state index < -0.39 is 7.69 Å². The van der Waals surface area contributed by atoms with Crippen LogP contribution in [0.15, 0.2) is 0 Å². The van der Waals surface area contributed by atoms with Gasteiger partial charge in [0.15, 0.2) is 0 Å². The van der Waals surface area contributed by atoms with Crippen molar-refractivity contribution in [3.63, 3.8) is 0 Å². The topological polar surface area (TPSA) is 64.2 Å². The van der Waals surface area contributed by atoms with Gasteiger partial charge >= 0.3 is 33.9 Å². The standard InChI is InChI=1S/CN.BH3O2.Fe/c1-2;2-1-3;/h;1-3H;. The molecule has 0 aliphatic rings. The molecule has 0 amide bonds. The third kappa shape index (κ3) is 1150000. The van der Waals surface area contributed by atoms with E-state index in [0.29, 0.717) is 0 Å². The van der Waals surface area contributed by atoms with Gasteiger partial charge in [-0.25, -0.2) is 0 Å². The van der Waals surface area contributed by atoms with Gasteiger partial charge in [0.25, 0.3) is 0 Å². The minimum Gasteiger partial charge on any atom is -0.430 e. The van der Waals surface area contributed by atoms with Gasteiger partial charge in [-0.15, -0.1) is 0 Å². The van der Waals surface area contributed by atoms with Gasteiger partial charge in [-0.05, 0) is 0 Å². The summed E-state index contributed by atoms with van der Waals surface area (Å²) in [4.78, 5) is 1.50. The molecule has 0 aliphatic carbocycles. The first-order valence-corrected chi connectivity index (χ1v) is 1.58. The van der Waals surface area contributed by atoms with Crippen LogP contribution >= 0.6 is 0 Å². The van der Waals surface area contributed by atoms with Crippen LogP contribution in [-0.4, -0.2) is 17.7 Å². The van der Waals surface area contributed by atoms with Crippen LogP contribution in [0.25, 0.3) is 0 Å². The average molecular weight is 128 g/mol. The molecule has 6 heavy (non-hydrogen) atoms. The van der Waals surface area contributed by atoms with Crippen LogP contribution in [0.2, 0.25) is 0 Å². The van der Waals surface area contributed by atoms with Crippen molar-refractivity contribution in [3.05, 3.63) is 0 Å². The van der Waals surface area contributed by atoms with Crippen molar-refractivity contribution >= 4 is 7.69 Å². The van der Waals surface area contributed by atoms with Crippen molar-refractivity contribution in [1.29, 1.82) is 5.26 Å². The molecule has 0 rings (SSSR count). The number of hydrogen-bond acceptors (Lipinski definition) is 3. The minimum atomic E-state index is -0.750. The Hall–Kier alpha value is -0.00558. The van der Waals surface area contributed by atoms with E-state index in [9.17, 15) is 0 Å². The van der Waals surface area contributed by atoms with Crippen LogP contribution in [-0.2, 0) is 16.0 Å². The van der Waals surface area contributed by atoms with Crippen molar-refractivity contribution in [2.75, 3.05) is 0 Å². The van der Waals surface area contributed by atoms with E-state index in [1.807, 2.05) is 0 Å². The van der Waals surface area contributed by atoms with Crippen molar-refractivity contribution in [2.24, 2.45) is 0 Å². The van der Waals surface area contributed by atoms with E-state index in [0.717, 1.165) is 0 Å². The van der Waals surface area contributed by atoms with Crippen LogP contribution < -0.4 is 0 Å². The van der Waals surface area contributed by atoms with E-state index in [1.54, 1.807) is 0 Å². The van der Waals surface area contributed by atoms with Crippen molar-refractivity contribution in [3.8, 4) is 4.97 Å². The molecule has 0 unspecified atom stereocenters. The SMILES string of the molecule is N#[C][Fe].OBO. The summed E-state index contributed by atoms with van der Waals surface area (Å²) >= 11 is 2.79. The third-order valence-corrected chi connectivity index (χ3v) is 0. The zero-order chi connectivity index (χ0) is 5.41. The Morgan fingerprint density at radius 2 is 1.67 bits per heavy atom. The third-order valence-electron chi connectivity index (χ3n) is 0. The van der Waals surface area contributed by atoms with Crippen molar-refractivity contribution in [2.45, 2.75) is 0 Å². The van der Waals surface area contributed by atoms with Gasteiger partial charge in [0, 0.05) is 0 Å². The van der Waals surface area contributed by atoms with Crippen molar-refractivity contribution in [1.82, 2.24) is 0 Å². The van der Waals surface area contributed by atoms with Crippen LogP contribution in [0, 0.1) is 10.2 Å². The predicted octanol–water partition coefficient (Wildman–Crippen LogP) is -1.75. The molecule has 0 spiro atoms. The Morgan fingerprint density at radius 3 is 1.67 bits per heavy atom. The van der Waals surface area contributed by atoms with Gasteiger partial charge in [-0.1, -0.05) is 0 Å². The normalized spacial score (nSPS) is 3.67. The summed E-state index contributed by atoms with van der Waals surface area (Å²) in [7, 11) is -0.750. The molecule has 0 fully saturated rings. The maximum absolute atomic E-state index is 7.21. The fourth-order valence-corrected chi connectivity index (χ4v) is 0. The van der Waals surface area contributed by atoms with Crippen LogP contribution in [0.5, 0.6) is 0 Å². The molecular weight excluding hydrogens is 125 g/mol. The van der Waals surface area contributed by atoms with Gasteiger partial charge in [-0.3, -0.25) is 0 Å². The van der Waals surface area contributed by atoms with E-state index in [1.165, 1.54) is 4.97 Å². The van der Waals surface area contributed by atoms with Gasteiger partial charge in [0.1, 0.15) is 0 Å². The van der Waals surface area contributed by atoms with Crippen LogP contribution in [0.3, 0.4) is 0 Å². The Morgan fingerprint density at radius 1 is 1.67 bits per heavy atom. The second-order valence-corrected chi connectivity index (χ2v) is 0.467. The van der Waals surface area contributed by atoms with Crippen LogP contribution in [0.1, 0.15) is 0 Å². The summed E-state index contributed by atoms with van der Waals surface area (Å²) in [5, 5.41) is 21.5. The van der Waals surface area contributed by atoms with E-state index in [-0.39, 0.29) is 0 Å². The van der Waals surface area contributed by atoms with Crippen LogP contribution in [0.4, 0.5) is 0 Å². The second kappa shape index (κ2) is 20.0. The molecule has 0 aromatic rings. The molecule has 0 atom stereocenters. The number of nitrogens with zero attached hydrogens (tertiary/aromatic N) is 1. The molecule has 0 saturated carbocycles. The first-order chi connectivity index (χ1) is 2.83. The van der Waals surface area contributed by atoms with Gasteiger partial charge in [-0.2, -0.15) is 0 Å². The summed E-state index contributed by atoms with van der Waals surface area (Å²) < 4.78 is 0. The van der Waals surface area contributed by atoms with Crippen molar-refractivity contribution < 1.29 is 26.1 Å². The molecule has 5 heteroatoms. The number of nitriles is 1. The fourth-order valence-electron chi connectivity index (χ4n) is 0. The van der Waals surface area contributed by atoms with Gasteiger partial charge < -0.3 is 10.0 Å². The molecule has 0 aromatic heterocycles. The number of rotatable bonds is 0. The zero-order valence-corrected chi connectivity index (χ0v) is 4.01. The van der Waals surface area contributed by atoms with Gasteiger partial charge in [0.2, 0.25) is 0 Å². The minimum absolute atomic E-state index is 0.750. The van der Waals surface area contributed by atoms with Gasteiger partial charge in [0.05, 0.1) is 0 Å².